The van der Waals surface area contributed by atoms with Crippen LogP contribution in [0.4, 0.5) is 4.79 Å². The molecule has 6 rings (SSSR count). The highest BCUT2D eigenvalue weighted by molar-refractivity contribution is 8.00. The molecule has 0 aliphatic carbocycles. The van der Waals surface area contributed by atoms with Gasteiger partial charge in [0, 0.05) is 40.5 Å². The van der Waals surface area contributed by atoms with E-state index in [4.69, 9.17) is 9.84 Å². The van der Waals surface area contributed by atoms with Gasteiger partial charge in [-0.05, 0) is 94.2 Å². The number of rotatable bonds is 21. The lowest BCUT2D eigenvalue weighted by molar-refractivity contribution is -0.142. The topological polar surface area (TPSA) is 184 Å². The molecule has 3 heterocycles. The average Bonchev–Trinajstić information content (AvgIpc) is 3.97. The summed E-state index contributed by atoms with van der Waals surface area (Å²) in [6, 6.07) is 21.2. The molecule has 14 nitrogen and oxygen atoms in total. The molecule has 2 aliphatic rings. The zero-order chi connectivity index (χ0) is 43.7. The van der Waals surface area contributed by atoms with Crippen molar-refractivity contribution in [2.75, 3.05) is 38.5 Å². The minimum atomic E-state index is -1.08. The number of unbranched alkanes of at least 4 members (excludes halogenated alkanes) is 2. The number of benzene rings is 3. The summed E-state index contributed by atoms with van der Waals surface area (Å²) in [5.41, 5.74) is 4.13. The molecular weight excluding hydrogens is 795 g/mol. The molecule has 0 saturated carbocycles. The predicted octanol–water partition coefficient (Wildman–Crippen LogP) is 6.58. The summed E-state index contributed by atoms with van der Waals surface area (Å²) < 4.78 is 6.94. The Hall–Kier alpha value is -5.67. The third-order valence-corrected chi connectivity index (χ3v) is 12.5. The van der Waals surface area contributed by atoms with Gasteiger partial charge in [0.15, 0.2) is 0 Å². The molecule has 1 aromatic heterocycles. The number of ether oxygens (including phenoxy) is 1. The highest BCUT2D eigenvalue weighted by atomic mass is 32.2. The number of esters is 1. The Morgan fingerprint density at radius 3 is 2.33 bits per heavy atom. The Balaban J connectivity index is 0.000000925. The van der Waals surface area contributed by atoms with Crippen LogP contribution in [0.1, 0.15) is 86.4 Å². The lowest BCUT2D eigenvalue weighted by Crippen LogP contribution is -2.40. The number of nitrogens with one attached hydrogen (secondary N) is 4. The fourth-order valence-electron chi connectivity index (χ4n) is 7.46. The number of carbonyl (C=O) groups is 5. The van der Waals surface area contributed by atoms with Gasteiger partial charge in [-0.2, -0.15) is 16.9 Å². The van der Waals surface area contributed by atoms with Crippen molar-refractivity contribution in [1.29, 1.82) is 0 Å². The molecule has 4 amide bonds. The zero-order valence-corrected chi connectivity index (χ0v) is 36.2. The number of carbonyl (C=O) groups excluding carboxylic acids is 4. The van der Waals surface area contributed by atoms with Crippen LogP contribution < -0.4 is 21.3 Å². The third kappa shape index (κ3) is 12.9. The van der Waals surface area contributed by atoms with E-state index in [1.54, 1.807) is 24.3 Å². The quantitative estimate of drug-likeness (QED) is 0.0266. The number of aromatic nitrogens is 2. The molecule has 61 heavy (non-hydrogen) atoms. The Kier molecular flexibility index (Phi) is 17.8. The Morgan fingerprint density at radius 1 is 0.951 bits per heavy atom. The largest absolute Gasteiger partial charge is 0.480 e. The van der Waals surface area contributed by atoms with E-state index in [0.717, 1.165) is 46.4 Å². The summed E-state index contributed by atoms with van der Waals surface area (Å²) in [6.07, 6.45) is 5.43. The zero-order valence-electron chi connectivity index (χ0n) is 35.4. The van der Waals surface area contributed by atoms with Crippen LogP contribution in [0.5, 0.6) is 0 Å². The second-order valence-corrected chi connectivity index (χ2v) is 16.3. The standard InChI is InChI=1S/C40H44N6O7S.C6H15N/c1-2-23-53-39(51)27-16-14-25(15-17-27)35-29-9-3-4-11-32(29)46(45-35)28-20-18-26(19-21-28)37(48)41-22-8-7-10-30(38(49)50)42-34(47)13-6-5-12-33-36-31(24-54-33)43-40(52)44-36;1-4-7(5-2)6-3/h2-4,9,11,14-21,30-31,33,36H,1,5-8,10,12-13,22-24H2,(H,41,48)(H,42,47)(H,49,50)(H2,43,44,52);4-6H2,1-3H3/t30-,31-,33-,36-;/m0./s1. The van der Waals surface area contributed by atoms with Gasteiger partial charge in [-0.25, -0.2) is 19.1 Å². The van der Waals surface area contributed by atoms with Gasteiger partial charge in [-0.3, -0.25) is 9.59 Å². The molecule has 15 heteroatoms. The van der Waals surface area contributed by atoms with Gasteiger partial charge >= 0.3 is 18.0 Å². The van der Waals surface area contributed by atoms with E-state index < -0.39 is 18.0 Å². The average molecular weight is 854 g/mol. The second-order valence-electron chi connectivity index (χ2n) is 15.0. The van der Waals surface area contributed by atoms with Crippen molar-refractivity contribution in [2.24, 2.45) is 0 Å². The predicted molar refractivity (Wildman–Crippen MR) is 240 cm³/mol. The third-order valence-electron chi connectivity index (χ3n) is 10.9. The minimum Gasteiger partial charge on any atom is -0.480 e. The summed E-state index contributed by atoms with van der Waals surface area (Å²) in [5.74, 6) is -1.16. The molecule has 0 unspecified atom stereocenters. The number of thioether (sulfide) groups is 1. The fraction of sp³-hybridized carbons (Fsp3) is 0.435. The monoisotopic (exact) mass is 853 g/mol. The van der Waals surface area contributed by atoms with Crippen molar-refractivity contribution in [3.63, 3.8) is 0 Å². The second kappa shape index (κ2) is 23.4. The Morgan fingerprint density at radius 2 is 1.66 bits per heavy atom. The SMILES string of the molecule is C=CCOC(=O)c1ccc(-c2nn(-c3ccc(C(=O)NCCCC[C@H](NC(=O)CCCC[C@@H]4SC[C@@H]5NC(=O)N[C@@H]54)C(=O)O)cc3)c3ccccc23)cc1.CCN(CC)CC. The van der Waals surface area contributed by atoms with E-state index >= 15 is 0 Å². The molecule has 0 radical (unpaired) electrons. The lowest BCUT2D eigenvalue weighted by Gasteiger charge is -2.17. The van der Waals surface area contributed by atoms with Crippen LogP contribution in [0.15, 0.2) is 85.5 Å². The summed E-state index contributed by atoms with van der Waals surface area (Å²) in [4.78, 5) is 63.4. The first kappa shape index (κ1) is 46.4. The smallest absolute Gasteiger partial charge is 0.338 e. The maximum absolute atomic E-state index is 12.9. The van der Waals surface area contributed by atoms with Crippen LogP contribution in [0.3, 0.4) is 0 Å². The lowest BCUT2D eigenvalue weighted by atomic mass is 10.0. The van der Waals surface area contributed by atoms with Crippen molar-refractivity contribution >= 4 is 52.4 Å². The molecule has 4 atom stereocenters. The van der Waals surface area contributed by atoms with E-state index in [0.29, 0.717) is 42.2 Å². The molecular formula is C46H59N7O7S. The van der Waals surface area contributed by atoms with Gasteiger partial charge in [0.2, 0.25) is 5.91 Å². The van der Waals surface area contributed by atoms with E-state index in [1.807, 2.05) is 65.0 Å². The van der Waals surface area contributed by atoms with Gasteiger partial charge in [-0.15, -0.1) is 0 Å². The maximum Gasteiger partial charge on any atom is 0.338 e. The van der Waals surface area contributed by atoms with Crippen molar-refractivity contribution in [3.05, 3.63) is 96.6 Å². The normalized spacial score (nSPS) is 17.0. The van der Waals surface area contributed by atoms with E-state index in [-0.39, 0.29) is 49.4 Å². The van der Waals surface area contributed by atoms with Gasteiger partial charge in [0.05, 0.1) is 28.9 Å². The first-order valence-corrected chi connectivity index (χ1v) is 22.3. The highest BCUT2D eigenvalue weighted by Gasteiger charge is 2.42. The molecule has 2 aliphatic heterocycles. The number of carboxylic acid groups (broad SMARTS) is 1. The highest BCUT2D eigenvalue weighted by Crippen LogP contribution is 2.33. The maximum atomic E-state index is 12.9. The van der Waals surface area contributed by atoms with Crippen molar-refractivity contribution < 1.29 is 33.8 Å². The number of nitrogens with zero attached hydrogens (tertiary/aromatic N) is 3. The Bertz CT molecular complexity index is 2100. The van der Waals surface area contributed by atoms with Crippen molar-refractivity contribution in [3.8, 4) is 16.9 Å². The van der Waals surface area contributed by atoms with Gasteiger partial charge in [0.25, 0.3) is 5.91 Å². The number of fused-ring (bicyclic) bond motifs is 2. The molecule has 3 aromatic carbocycles. The van der Waals surface area contributed by atoms with Crippen LogP contribution in [0.25, 0.3) is 27.8 Å². The number of hydrogen-bond donors (Lipinski definition) is 5. The van der Waals surface area contributed by atoms with E-state index in [9.17, 15) is 29.1 Å². The minimum absolute atomic E-state index is 0.120. The summed E-state index contributed by atoms with van der Waals surface area (Å²) in [6.45, 7) is 14.2. The van der Waals surface area contributed by atoms with Gasteiger partial charge < -0.3 is 36.0 Å². The van der Waals surface area contributed by atoms with Crippen LogP contribution in [0, 0.1) is 0 Å². The van der Waals surface area contributed by atoms with Crippen LogP contribution in [-0.4, -0.2) is 111 Å². The number of urea groups is 1. The van der Waals surface area contributed by atoms with Crippen LogP contribution in [-0.2, 0) is 14.3 Å². The van der Waals surface area contributed by atoms with Gasteiger partial charge in [-0.1, -0.05) is 70.2 Å². The number of carboxylic acids is 1. The first-order chi connectivity index (χ1) is 29.6. The first-order valence-electron chi connectivity index (χ1n) is 21.2. The molecule has 5 N–H and O–H groups in total. The fourth-order valence-corrected chi connectivity index (χ4v) is 9.00. The number of para-hydroxylation sites is 1. The van der Waals surface area contributed by atoms with Gasteiger partial charge in [0.1, 0.15) is 18.3 Å². The molecule has 326 valence electrons. The summed E-state index contributed by atoms with van der Waals surface area (Å²) >= 11 is 1.83. The van der Waals surface area contributed by atoms with E-state index in [1.165, 1.54) is 25.7 Å². The van der Waals surface area contributed by atoms with Crippen LogP contribution in [0.2, 0.25) is 0 Å². The number of aliphatic carboxylic acids is 1. The molecule has 0 bridgehead atoms. The summed E-state index contributed by atoms with van der Waals surface area (Å²) in [5, 5.41) is 27.2. The molecule has 4 aromatic rings. The van der Waals surface area contributed by atoms with Crippen molar-refractivity contribution in [2.45, 2.75) is 89.1 Å². The summed E-state index contributed by atoms with van der Waals surface area (Å²) in [7, 11) is 0. The number of hydrogen-bond acceptors (Lipinski definition) is 9. The van der Waals surface area contributed by atoms with E-state index in [2.05, 4.69) is 53.5 Å². The molecule has 2 fully saturated rings. The number of amides is 4. The molecule has 0 spiro atoms. The Labute approximate surface area is 362 Å². The van der Waals surface area contributed by atoms with Crippen LogP contribution >= 0.6 is 11.8 Å². The molecule has 2 saturated heterocycles. The van der Waals surface area contributed by atoms with Crippen molar-refractivity contribution in [1.82, 2.24) is 35.9 Å².